The number of benzene rings is 2. The lowest BCUT2D eigenvalue weighted by Gasteiger charge is -2.17. The first-order chi connectivity index (χ1) is 10.1. The number of hydrogen-bond acceptors (Lipinski definition) is 2. The summed E-state index contributed by atoms with van der Waals surface area (Å²) in [5.74, 6) is 1.48. The molecule has 0 N–H and O–H groups in total. The molecule has 112 valence electrons. The Labute approximate surface area is 139 Å². The van der Waals surface area contributed by atoms with Crippen molar-refractivity contribution in [3.8, 4) is 11.5 Å². The largest absolute Gasteiger partial charge is 0.493 e. The van der Waals surface area contributed by atoms with Crippen LogP contribution in [0.25, 0.3) is 0 Å². The number of rotatable bonds is 5. The number of halogens is 2. The summed E-state index contributed by atoms with van der Waals surface area (Å²) in [6.07, 6.45) is 0.815. The van der Waals surface area contributed by atoms with Crippen molar-refractivity contribution >= 4 is 27.5 Å². The summed E-state index contributed by atoms with van der Waals surface area (Å²) in [7, 11) is 3.29. The van der Waals surface area contributed by atoms with Crippen molar-refractivity contribution in [2.24, 2.45) is 0 Å². The summed E-state index contributed by atoms with van der Waals surface area (Å²) >= 11 is 10.00. The Bertz CT molecular complexity index is 628. The van der Waals surface area contributed by atoms with Gasteiger partial charge >= 0.3 is 0 Å². The Morgan fingerprint density at radius 3 is 2.33 bits per heavy atom. The molecular weight excluding hydrogens is 352 g/mol. The second-order valence-corrected chi connectivity index (χ2v) is 6.34. The van der Waals surface area contributed by atoms with Crippen LogP contribution in [-0.4, -0.2) is 14.2 Å². The molecule has 2 rings (SSSR count). The minimum absolute atomic E-state index is 0.164. The van der Waals surface area contributed by atoms with Gasteiger partial charge in [0.25, 0.3) is 0 Å². The summed E-state index contributed by atoms with van der Waals surface area (Å²) in [5, 5.41) is 0.792. The van der Waals surface area contributed by atoms with Crippen molar-refractivity contribution < 1.29 is 9.47 Å². The van der Waals surface area contributed by atoms with Crippen LogP contribution in [0.3, 0.4) is 0 Å². The van der Waals surface area contributed by atoms with E-state index in [0.717, 1.165) is 34.1 Å². The van der Waals surface area contributed by atoms with Crippen molar-refractivity contribution in [1.82, 2.24) is 0 Å². The van der Waals surface area contributed by atoms with E-state index in [0.29, 0.717) is 0 Å². The molecule has 0 bridgehead atoms. The Hall–Kier alpha value is -1.19. The number of ether oxygens (including phenoxy) is 2. The van der Waals surface area contributed by atoms with Gasteiger partial charge in [-0.2, -0.15) is 0 Å². The van der Waals surface area contributed by atoms with Crippen LogP contribution in [0.1, 0.15) is 21.5 Å². The van der Waals surface area contributed by atoms with Crippen molar-refractivity contribution in [3.05, 3.63) is 58.1 Å². The molecule has 0 saturated carbocycles. The molecule has 0 amide bonds. The van der Waals surface area contributed by atoms with Gasteiger partial charge in [0.15, 0.2) is 11.5 Å². The maximum atomic E-state index is 6.24. The van der Waals surface area contributed by atoms with Crippen molar-refractivity contribution in [2.45, 2.75) is 18.2 Å². The average molecular weight is 370 g/mol. The van der Waals surface area contributed by atoms with Gasteiger partial charge in [0.05, 0.1) is 14.2 Å². The zero-order chi connectivity index (χ0) is 15.4. The molecule has 1 unspecified atom stereocenters. The molecule has 0 saturated heterocycles. The summed E-state index contributed by atoms with van der Waals surface area (Å²) in [5.41, 5.74) is 3.45. The number of alkyl halides is 1. The zero-order valence-corrected chi connectivity index (χ0v) is 14.7. The van der Waals surface area contributed by atoms with Gasteiger partial charge in [-0.1, -0.05) is 45.7 Å². The molecule has 21 heavy (non-hydrogen) atoms. The maximum absolute atomic E-state index is 6.24. The molecule has 0 spiro atoms. The van der Waals surface area contributed by atoms with Crippen LogP contribution in [0, 0.1) is 6.92 Å². The number of hydrogen-bond donors (Lipinski definition) is 0. The van der Waals surface area contributed by atoms with Gasteiger partial charge in [0, 0.05) is 9.85 Å². The van der Waals surface area contributed by atoms with Gasteiger partial charge in [-0.25, -0.2) is 0 Å². The van der Waals surface area contributed by atoms with Gasteiger partial charge < -0.3 is 9.47 Å². The Kier molecular flexibility index (Phi) is 5.54. The first-order valence-corrected chi connectivity index (χ1v) is 7.96. The lowest BCUT2D eigenvalue weighted by Crippen LogP contribution is -2.01. The lowest BCUT2D eigenvalue weighted by molar-refractivity contribution is 0.354. The quantitative estimate of drug-likeness (QED) is 0.662. The van der Waals surface area contributed by atoms with Crippen LogP contribution in [0.15, 0.2) is 36.4 Å². The second-order valence-electron chi connectivity index (χ2n) is 4.83. The number of methoxy groups -OCH3 is 2. The fourth-order valence-electron chi connectivity index (χ4n) is 2.30. The van der Waals surface area contributed by atoms with Gasteiger partial charge in [0.1, 0.15) is 0 Å². The van der Waals surface area contributed by atoms with E-state index in [1.54, 1.807) is 14.2 Å². The van der Waals surface area contributed by atoms with Crippen LogP contribution in [0.2, 0.25) is 5.02 Å². The molecule has 2 nitrogen and oxygen atoms in total. The first-order valence-electron chi connectivity index (χ1n) is 6.66. The van der Waals surface area contributed by atoms with Crippen LogP contribution >= 0.6 is 27.5 Å². The van der Waals surface area contributed by atoms with Gasteiger partial charge in [-0.3, -0.25) is 0 Å². The van der Waals surface area contributed by atoms with E-state index in [2.05, 4.69) is 22.9 Å². The lowest BCUT2D eigenvalue weighted by atomic mass is 9.99. The molecule has 0 heterocycles. The van der Waals surface area contributed by atoms with Crippen LogP contribution in [-0.2, 0) is 6.42 Å². The van der Waals surface area contributed by atoms with E-state index < -0.39 is 0 Å². The molecule has 2 aromatic carbocycles. The predicted octanol–water partition coefficient (Wildman–Crippen LogP) is 5.34. The zero-order valence-electron chi connectivity index (χ0n) is 12.3. The SMILES string of the molecule is COc1cc(C)c(C(Br)Cc2ccccc2Cl)cc1OC. The topological polar surface area (TPSA) is 18.5 Å². The summed E-state index contributed by atoms with van der Waals surface area (Å²) < 4.78 is 10.7. The van der Waals surface area contributed by atoms with Crippen molar-refractivity contribution in [1.29, 1.82) is 0 Å². The predicted molar refractivity (Wildman–Crippen MR) is 91.1 cm³/mol. The molecule has 4 heteroatoms. The second kappa shape index (κ2) is 7.19. The van der Waals surface area contributed by atoms with E-state index in [1.165, 1.54) is 5.56 Å². The van der Waals surface area contributed by atoms with E-state index in [9.17, 15) is 0 Å². The van der Waals surface area contributed by atoms with Gasteiger partial charge in [-0.05, 0) is 48.2 Å². The molecule has 1 atom stereocenters. The molecular formula is C17H18BrClO2. The highest BCUT2D eigenvalue weighted by Crippen LogP contribution is 2.37. The fraction of sp³-hybridized carbons (Fsp3) is 0.294. The van der Waals surface area contributed by atoms with Crippen LogP contribution < -0.4 is 9.47 Å². The van der Waals surface area contributed by atoms with Crippen LogP contribution in [0.4, 0.5) is 0 Å². The fourth-order valence-corrected chi connectivity index (χ4v) is 3.36. The minimum Gasteiger partial charge on any atom is -0.493 e. The van der Waals surface area contributed by atoms with Gasteiger partial charge in [-0.15, -0.1) is 0 Å². The molecule has 0 aliphatic heterocycles. The van der Waals surface area contributed by atoms with E-state index >= 15 is 0 Å². The van der Waals surface area contributed by atoms with E-state index in [1.807, 2.05) is 36.4 Å². The molecule has 0 fully saturated rings. The average Bonchev–Trinajstić information content (AvgIpc) is 2.49. The third kappa shape index (κ3) is 3.72. The Balaban J connectivity index is 2.31. The monoisotopic (exact) mass is 368 g/mol. The van der Waals surface area contributed by atoms with E-state index in [-0.39, 0.29) is 4.83 Å². The third-order valence-corrected chi connectivity index (χ3v) is 4.65. The highest BCUT2D eigenvalue weighted by Gasteiger charge is 2.16. The molecule has 0 aromatic heterocycles. The van der Waals surface area contributed by atoms with Crippen LogP contribution in [0.5, 0.6) is 11.5 Å². The molecule has 0 aliphatic carbocycles. The van der Waals surface area contributed by atoms with E-state index in [4.69, 9.17) is 21.1 Å². The third-order valence-electron chi connectivity index (χ3n) is 3.47. The molecule has 2 aromatic rings. The summed E-state index contributed by atoms with van der Waals surface area (Å²) in [6, 6.07) is 11.9. The highest BCUT2D eigenvalue weighted by atomic mass is 79.9. The van der Waals surface area contributed by atoms with Crippen molar-refractivity contribution in [2.75, 3.05) is 14.2 Å². The van der Waals surface area contributed by atoms with Gasteiger partial charge in [0.2, 0.25) is 0 Å². The van der Waals surface area contributed by atoms with Crippen molar-refractivity contribution in [3.63, 3.8) is 0 Å². The highest BCUT2D eigenvalue weighted by molar-refractivity contribution is 9.09. The summed E-state index contributed by atoms with van der Waals surface area (Å²) in [4.78, 5) is 0.164. The molecule has 0 radical (unpaired) electrons. The molecule has 0 aliphatic rings. The maximum Gasteiger partial charge on any atom is 0.161 e. The Morgan fingerprint density at radius 2 is 1.71 bits per heavy atom. The number of aryl methyl sites for hydroxylation is 1. The normalized spacial score (nSPS) is 12.0. The standard InChI is InChI=1S/C17H18BrClO2/c1-11-8-16(20-2)17(21-3)10-13(11)14(18)9-12-6-4-5-7-15(12)19/h4-8,10,14H,9H2,1-3H3. The smallest absolute Gasteiger partial charge is 0.161 e. The Morgan fingerprint density at radius 1 is 1.10 bits per heavy atom. The minimum atomic E-state index is 0.164. The first kappa shape index (κ1) is 16.2. The summed E-state index contributed by atoms with van der Waals surface area (Å²) in [6.45, 7) is 2.07.